The molecule has 1 atom stereocenters. The maximum atomic E-state index is 12.3. The van der Waals surface area contributed by atoms with Gasteiger partial charge in [-0.25, -0.2) is 17.9 Å². The third-order valence-corrected chi connectivity index (χ3v) is 4.26. The molecule has 0 saturated carbocycles. The molecular weight excluding hydrogens is 322 g/mol. The number of hydrogen-bond donors (Lipinski definition) is 2. The first-order valence-electron chi connectivity index (χ1n) is 7.42. The number of sulfonamides is 1. The fourth-order valence-electron chi connectivity index (χ4n) is 2.50. The van der Waals surface area contributed by atoms with Gasteiger partial charge < -0.3 is 15.0 Å². The molecule has 0 aromatic carbocycles. The number of carbonyl (C=O) groups excluding carboxylic acids is 1. The maximum absolute atomic E-state index is 12.3. The molecule has 10 heteroatoms. The van der Waals surface area contributed by atoms with Crippen LogP contribution >= 0.6 is 0 Å². The Morgan fingerprint density at radius 1 is 1.52 bits per heavy atom. The lowest BCUT2D eigenvalue weighted by molar-refractivity contribution is 0.183. The fraction of sp³-hybridized carbons (Fsp3) is 0.692. The highest BCUT2D eigenvalue weighted by atomic mass is 32.2. The largest absolute Gasteiger partial charge is 0.383 e. The van der Waals surface area contributed by atoms with Crippen LogP contribution in [0.5, 0.6) is 0 Å². The molecule has 2 N–H and O–H groups in total. The van der Waals surface area contributed by atoms with E-state index in [0.29, 0.717) is 31.9 Å². The molecule has 1 aliphatic rings. The molecular formula is C13H23N5O4S. The highest BCUT2D eigenvalue weighted by molar-refractivity contribution is 7.88. The van der Waals surface area contributed by atoms with Gasteiger partial charge in [-0.3, -0.25) is 4.68 Å². The Kier molecular flexibility index (Phi) is 5.97. The lowest BCUT2D eigenvalue weighted by Gasteiger charge is -2.32. The Labute approximate surface area is 136 Å². The van der Waals surface area contributed by atoms with E-state index in [1.165, 1.54) is 0 Å². The Morgan fingerprint density at radius 3 is 3.00 bits per heavy atom. The Bertz CT molecular complexity index is 630. The molecule has 9 nitrogen and oxygen atoms in total. The monoisotopic (exact) mass is 345 g/mol. The van der Waals surface area contributed by atoms with E-state index in [1.807, 2.05) is 0 Å². The predicted octanol–water partition coefficient (Wildman–Crippen LogP) is 0.0750. The first-order chi connectivity index (χ1) is 10.9. The molecule has 1 aromatic heterocycles. The summed E-state index contributed by atoms with van der Waals surface area (Å²) in [4.78, 5) is 13.9. The summed E-state index contributed by atoms with van der Waals surface area (Å²) in [6.45, 7) is 2.11. The van der Waals surface area contributed by atoms with Crippen LogP contribution in [0.3, 0.4) is 0 Å². The van der Waals surface area contributed by atoms with Gasteiger partial charge in [-0.1, -0.05) is 0 Å². The minimum atomic E-state index is -3.27. The van der Waals surface area contributed by atoms with Gasteiger partial charge in [0.05, 0.1) is 31.3 Å². The first-order valence-corrected chi connectivity index (χ1v) is 9.31. The second-order valence-corrected chi connectivity index (χ2v) is 7.37. The van der Waals surface area contributed by atoms with Gasteiger partial charge in [0.25, 0.3) is 0 Å². The molecule has 2 amide bonds. The zero-order chi connectivity index (χ0) is 16.9. The number of anilines is 1. The van der Waals surface area contributed by atoms with Gasteiger partial charge in [-0.15, -0.1) is 0 Å². The minimum absolute atomic E-state index is 0.242. The van der Waals surface area contributed by atoms with Gasteiger partial charge in [-0.05, 0) is 12.8 Å². The SMILES string of the molecule is COCCn1cc(NC(=O)N2CCCC(NS(C)(=O)=O)C2)cn1. The average molecular weight is 345 g/mol. The van der Waals surface area contributed by atoms with Crippen molar-refractivity contribution in [3.8, 4) is 0 Å². The number of nitrogens with zero attached hydrogens (tertiary/aromatic N) is 3. The summed E-state index contributed by atoms with van der Waals surface area (Å²) in [6, 6.07) is -0.495. The molecule has 1 aromatic rings. The quantitative estimate of drug-likeness (QED) is 0.759. The topological polar surface area (TPSA) is 106 Å². The number of amides is 2. The average Bonchev–Trinajstić information content (AvgIpc) is 2.91. The van der Waals surface area contributed by atoms with Gasteiger partial charge >= 0.3 is 6.03 Å². The van der Waals surface area contributed by atoms with Crippen molar-refractivity contribution >= 4 is 21.7 Å². The van der Waals surface area contributed by atoms with Gasteiger partial charge in [-0.2, -0.15) is 5.10 Å². The van der Waals surface area contributed by atoms with E-state index >= 15 is 0 Å². The van der Waals surface area contributed by atoms with E-state index in [-0.39, 0.29) is 12.1 Å². The lowest BCUT2D eigenvalue weighted by Crippen LogP contribution is -2.50. The number of aromatic nitrogens is 2. The molecule has 0 radical (unpaired) electrons. The van der Waals surface area contributed by atoms with Gasteiger partial charge in [0, 0.05) is 32.4 Å². The number of piperidine rings is 1. The summed E-state index contributed by atoms with van der Waals surface area (Å²) >= 11 is 0. The van der Waals surface area contributed by atoms with E-state index in [9.17, 15) is 13.2 Å². The normalized spacial score (nSPS) is 18.9. The fourth-order valence-corrected chi connectivity index (χ4v) is 3.30. The van der Waals surface area contributed by atoms with Crippen molar-refractivity contribution in [1.29, 1.82) is 0 Å². The molecule has 0 aliphatic carbocycles. The van der Waals surface area contributed by atoms with Crippen molar-refractivity contribution in [2.45, 2.75) is 25.4 Å². The standard InChI is InChI=1S/C13H23N5O4S/c1-22-7-6-18-10-12(8-14-18)15-13(19)17-5-3-4-11(9-17)16-23(2,20)21/h8,10-11,16H,3-7,9H2,1-2H3,(H,15,19). The Hall–Kier alpha value is -1.65. The predicted molar refractivity (Wildman–Crippen MR) is 85.7 cm³/mol. The highest BCUT2D eigenvalue weighted by Crippen LogP contribution is 2.13. The molecule has 1 unspecified atom stereocenters. The summed E-state index contributed by atoms with van der Waals surface area (Å²) in [5.74, 6) is 0. The maximum Gasteiger partial charge on any atom is 0.321 e. The molecule has 0 bridgehead atoms. The number of hydrogen-bond acceptors (Lipinski definition) is 5. The number of urea groups is 1. The number of ether oxygens (including phenoxy) is 1. The van der Waals surface area contributed by atoms with E-state index in [4.69, 9.17) is 4.74 Å². The van der Waals surface area contributed by atoms with Crippen LogP contribution in [0.15, 0.2) is 12.4 Å². The van der Waals surface area contributed by atoms with Crippen LogP contribution in [-0.2, 0) is 21.3 Å². The molecule has 2 rings (SSSR count). The summed E-state index contributed by atoms with van der Waals surface area (Å²) in [6.07, 6.45) is 5.91. The minimum Gasteiger partial charge on any atom is -0.383 e. The van der Waals surface area contributed by atoms with Gasteiger partial charge in [0.2, 0.25) is 10.0 Å². The van der Waals surface area contributed by atoms with Gasteiger partial charge in [0.15, 0.2) is 0 Å². The Balaban J connectivity index is 1.88. The van der Waals surface area contributed by atoms with Gasteiger partial charge in [0.1, 0.15) is 0 Å². The van der Waals surface area contributed by atoms with E-state index in [1.54, 1.807) is 29.1 Å². The second-order valence-electron chi connectivity index (χ2n) is 5.59. The van der Waals surface area contributed by atoms with Crippen LogP contribution in [0, 0.1) is 0 Å². The number of rotatable bonds is 6. The van der Waals surface area contributed by atoms with E-state index in [2.05, 4.69) is 15.1 Å². The van der Waals surface area contributed by atoms with Crippen LogP contribution in [0.25, 0.3) is 0 Å². The van der Waals surface area contributed by atoms with E-state index in [0.717, 1.165) is 19.1 Å². The summed E-state index contributed by atoms with van der Waals surface area (Å²) < 4.78 is 31.8. The molecule has 0 spiro atoms. The summed E-state index contributed by atoms with van der Waals surface area (Å²) in [5, 5.41) is 6.90. The lowest BCUT2D eigenvalue weighted by atomic mass is 10.1. The van der Waals surface area contributed by atoms with Crippen molar-refractivity contribution in [1.82, 2.24) is 19.4 Å². The van der Waals surface area contributed by atoms with Crippen molar-refractivity contribution in [3.63, 3.8) is 0 Å². The number of carbonyl (C=O) groups is 1. The molecule has 2 heterocycles. The molecule has 1 fully saturated rings. The van der Waals surface area contributed by atoms with Crippen LogP contribution in [-0.4, -0.2) is 68.2 Å². The van der Waals surface area contributed by atoms with Crippen LogP contribution in [0.1, 0.15) is 12.8 Å². The smallest absolute Gasteiger partial charge is 0.321 e. The summed E-state index contributed by atoms with van der Waals surface area (Å²) in [5.41, 5.74) is 0.601. The molecule has 1 saturated heterocycles. The third-order valence-electron chi connectivity index (χ3n) is 3.50. The highest BCUT2D eigenvalue weighted by Gasteiger charge is 2.25. The number of methoxy groups -OCH3 is 1. The van der Waals surface area contributed by atoms with Crippen LogP contribution in [0.2, 0.25) is 0 Å². The van der Waals surface area contributed by atoms with Crippen LogP contribution in [0.4, 0.5) is 10.5 Å². The van der Waals surface area contributed by atoms with Crippen molar-refractivity contribution in [3.05, 3.63) is 12.4 Å². The molecule has 1 aliphatic heterocycles. The third kappa shape index (κ3) is 5.81. The number of likely N-dealkylation sites (tertiary alicyclic amines) is 1. The first kappa shape index (κ1) is 17.7. The molecule has 130 valence electrons. The Morgan fingerprint density at radius 2 is 2.30 bits per heavy atom. The molecule has 23 heavy (non-hydrogen) atoms. The van der Waals surface area contributed by atoms with Crippen molar-refractivity contribution < 1.29 is 17.9 Å². The number of nitrogens with one attached hydrogen (secondary N) is 2. The second kappa shape index (κ2) is 7.75. The van der Waals surface area contributed by atoms with Crippen molar-refractivity contribution in [2.24, 2.45) is 0 Å². The zero-order valence-corrected chi connectivity index (χ0v) is 14.2. The van der Waals surface area contributed by atoms with E-state index < -0.39 is 10.0 Å². The van der Waals surface area contributed by atoms with Crippen LogP contribution < -0.4 is 10.0 Å². The van der Waals surface area contributed by atoms with Crippen molar-refractivity contribution in [2.75, 3.05) is 38.4 Å². The summed E-state index contributed by atoms with van der Waals surface area (Å²) in [7, 11) is -1.66. The zero-order valence-electron chi connectivity index (χ0n) is 13.4.